The van der Waals surface area contributed by atoms with Crippen molar-refractivity contribution in [3.05, 3.63) is 34.6 Å². The van der Waals surface area contributed by atoms with Crippen LogP contribution in [0.25, 0.3) is 0 Å². The highest BCUT2D eigenvalue weighted by atomic mass is 35.5. The van der Waals surface area contributed by atoms with Gasteiger partial charge in [-0.3, -0.25) is 9.59 Å². The van der Waals surface area contributed by atoms with Gasteiger partial charge < -0.3 is 15.5 Å². The monoisotopic (exact) mass is 528 g/mol. The van der Waals surface area contributed by atoms with Crippen LogP contribution < -0.4 is 10.6 Å². The van der Waals surface area contributed by atoms with Crippen molar-refractivity contribution in [1.82, 2.24) is 24.1 Å². The van der Waals surface area contributed by atoms with Crippen molar-refractivity contribution < 1.29 is 22.4 Å². The van der Waals surface area contributed by atoms with Crippen LogP contribution in [0.2, 0.25) is 5.02 Å². The topological polar surface area (TPSA) is 126 Å². The van der Waals surface area contributed by atoms with Crippen LogP contribution in [0.3, 0.4) is 0 Å². The third kappa shape index (κ3) is 5.76. The highest BCUT2D eigenvalue weighted by molar-refractivity contribution is 7.86. The van der Waals surface area contributed by atoms with Crippen LogP contribution >= 0.6 is 11.6 Å². The summed E-state index contributed by atoms with van der Waals surface area (Å²) in [5.74, 6) is -1.54. The van der Waals surface area contributed by atoms with E-state index in [2.05, 4.69) is 16.7 Å². The Morgan fingerprint density at radius 2 is 1.97 bits per heavy atom. The van der Waals surface area contributed by atoms with Crippen molar-refractivity contribution in [3.63, 3.8) is 0 Å². The fourth-order valence-electron chi connectivity index (χ4n) is 4.43. The van der Waals surface area contributed by atoms with Crippen molar-refractivity contribution in [2.45, 2.75) is 38.9 Å². The van der Waals surface area contributed by atoms with Gasteiger partial charge in [-0.1, -0.05) is 25.1 Å². The SMILES string of the molecule is C.N#CC1CN(S(=O)(=O)N2CCN[C@H](C(=O)N3CCC[C@@H]3C(=O)NCc3ccc(Cl)c(F)c3)C2)C1. The quantitative estimate of drug-likeness (QED) is 0.559. The van der Waals surface area contributed by atoms with E-state index in [-0.39, 0.29) is 62.9 Å². The third-order valence-electron chi connectivity index (χ3n) is 6.41. The minimum atomic E-state index is -3.75. The summed E-state index contributed by atoms with van der Waals surface area (Å²) in [5.41, 5.74) is 0.547. The van der Waals surface area contributed by atoms with Crippen molar-refractivity contribution in [3.8, 4) is 6.07 Å². The Balaban J connectivity index is 0.00000342. The Bertz CT molecular complexity index is 1110. The molecule has 0 aliphatic carbocycles. The molecule has 2 atom stereocenters. The van der Waals surface area contributed by atoms with Gasteiger partial charge in [0.2, 0.25) is 11.8 Å². The van der Waals surface area contributed by atoms with Gasteiger partial charge in [0.1, 0.15) is 17.9 Å². The van der Waals surface area contributed by atoms with Gasteiger partial charge in [0.25, 0.3) is 10.2 Å². The molecule has 0 spiro atoms. The first-order valence-corrected chi connectivity index (χ1v) is 12.9. The van der Waals surface area contributed by atoms with E-state index in [0.29, 0.717) is 31.5 Å². The molecule has 0 saturated carbocycles. The van der Waals surface area contributed by atoms with E-state index in [1.807, 2.05) is 0 Å². The minimum absolute atomic E-state index is 0. The molecule has 3 fully saturated rings. The van der Waals surface area contributed by atoms with E-state index in [9.17, 15) is 22.4 Å². The molecule has 0 unspecified atom stereocenters. The highest BCUT2D eigenvalue weighted by Crippen LogP contribution is 2.24. The third-order valence-corrected chi connectivity index (χ3v) is 8.65. The molecular weight excluding hydrogens is 499 g/mol. The molecule has 1 aromatic carbocycles. The number of nitrogens with zero attached hydrogens (tertiary/aromatic N) is 4. The van der Waals surface area contributed by atoms with Crippen LogP contribution in [-0.4, -0.2) is 85.1 Å². The average molecular weight is 529 g/mol. The summed E-state index contributed by atoms with van der Waals surface area (Å²) >= 11 is 5.69. The van der Waals surface area contributed by atoms with Crippen LogP contribution in [0.15, 0.2) is 18.2 Å². The Labute approximate surface area is 210 Å². The van der Waals surface area contributed by atoms with Gasteiger partial charge in [-0.05, 0) is 30.5 Å². The Morgan fingerprint density at radius 3 is 2.66 bits per heavy atom. The van der Waals surface area contributed by atoms with E-state index < -0.39 is 28.1 Å². The lowest BCUT2D eigenvalue weighted by Gasteiger charge is -2.41. The second-order valence-electron chi connectivity index (χ2n) is 8.67. The van der Waals surface area contributed by atoms with Crippen molar-refractivity contribution in [1.29, 1.82) is 5.26 Å². The molecule has 3 aliphatic rings. The number of amides is 2. The smallest absolute Gasteiger partial charge is 0.282 e. The number of benzene rings is 1. The zero-order valence-electron chi connectivity index (χ0n) is 18.4. The minimum Gasteiger partial charge on any atom is -0.350 e. The van der Waals surface area contributed by atoms with E-state index in [4.69, 9.17) is 16.9 Å². The van der Waals surface area contributed by atoms with Gasteiger partial charge >= 0.3 is 0 Å². The van der Waals surface area contributed by atoms with Crippen LogP contribution in [0.4, 0.5) is 4.39 Å². The number of piperazine rings is 1. The summed E-state index contributed by atoms with van der Waals surface area (Å²) in [6.07, 6.45) is 1.14. The first kappa shape index (κ1) is 27.3. The van der Waals surface area contributed by atoms with Gasteiger partial charge in [-0.2, -0.15) is 22.3 Å². The average Bonchev–Trinajstić information content (AvgIpc) is 3.28. The molecule has 0 aromatic heterocycles. The van der Waals surface area contributed by atoms with Crippen LogP contribution in [0.5, 0.6) is 0 Å². The molecular formula is C22H30ClFN6O4S. The first-order chi connectivity index (χ1) is 16.2. The number of nitrogens with one attached hydrogen (secondary N) is 2. The highest BCUT2D eigenvalue weighted by Gasteiger charge is 2.44. The fraction of sp³-hybridized carbons (Fsp3) is 0.591. The molecule has 3 saturated heterocycles. The molecule has 3 aliphatic heterocycles. The Hall–Kier alpha value is -2.30. The molecule has 2 N–H and O–H groups in total. The number of hydrogen-bond acceptors (Lipinski definition) is 6. The molecule has 3 heterocycles. The lowest BCUT2D eigenvalue weighted by atomic mass is 10.1. The van der Waals surface area contributed by atoms with Gasteiger partial charge in [-0.25, -0.2) is 4.39 Å². The predicted octanol–water partition coefficient (Wildman–Crippen LogP) is 0.696. The number of nitriles is 1. The molecule has 35 heavy (non-hydrogen) atoms. The fourth-order valence-corrected chi connectivity index (χ4v) is 6.27. The number of likely N-dealkylation sites (tertiary alicyclic amines) is 1. The van der Waals surface area contributed by atoms with Crippen molar-refractivity contribution in [2.24, 2.45) is 5.92 Å². The lowest BCUT2D eigenvalue weighted by molar-refractivity contribution is -0.140. The molecule has 192 valence electrons. The molecule has 0 bridgehead atoms. The lowest BCUT2D eigenvalue weighted by Crippen LogP contribution is -2.63. The summed E-state index contributed by atoms with van der Waals surface area (Å²) in [5, 5.41) is 14.7. The predicted molar refractivity (Wildman–Crippen MR) is 128 cm³/mol. The zero-order valence-corrected chi connectivity index (χ0v) is 20.0. The number of halogens is 2. The first-order valence-electron chi connectivity index (χ1n) is 11.1. The number of carbonyl (C=O) groups excluding carboxylic acids is 2. The maximum atomic E-state index is 13.6. The second kappa shape index (κ2) is 11.2. The number of rotatable bonds is 6. The summed E-state index contributed by atoms with van der Waals surface area (Å²) < 4.78 is 41.8. The van der Waals surface area contributed by atoms with E-state index >= 15 is 0 Å². The summed E-state index contributed by atoms with van der Waals surface area (Å²) in [7, 11) is -3.75. The molecule has 13 heteroatoms. The number of hydrogen-bond donors (Lipinski definition) is 2. The Kier molecular flexibility index (Phi) is 8.72. The summed E-state index contributed by atoms with van der Waals surface area (Å²) in [6.45, 7) is 1.30. The van der Waals surface area contributed by atoms with Crippen LogP contribution in [0, 0.1) is 23.1 Å². The molecule has 1 aromatic rings. The normalized spacial score (nSPS) is 23.7. The molecule has 2 amide bonds. The van der Waals surface area contributed by atoms with E-state index in [0.717, 1.165) is 0 Å². The second-order valence-corrected chi connectivity index (χ2v) is 11.0. The van der Waals surface area contributed by atoms with Gasteiger partial charge in [0.05, 0.1) is 17.0 Å². The maximum Gasteiger partial charge on any atom is 0.282 e. The van der Waals surface area contributed by atoms with Gasteiger partial charge in [0, 0.05) is 45.8 Å². The van der Waals surface area contributed by atoms with Crippen molar-refractivity contribution in [2.75, 3.05) is 39.3 Å². The molecule has 10 nitrogen and oxygen atoms in total. The van der Waals surface area contributed by atoms with Crippen LogP contribution in [-0.2, 0) is 26.3 Å². The van der Waals surface area contributed by atoms with Gasteiger partial charge in [-0.15, -0.1) is 0 Å². The number of carbonyl (C=O) groups is 2. The zero-order chi connectivity index (χ0) is 24.5. The molecule has 4 rings (SSSR count). The van der Waals surface area contributed by atoms with Crippen LogP contribution in [0.1, 0.15) is 25.8 Å². The van der Waals surface area contributed by atoms with E-state index in [1.165, 1.54) is 25.6 Å². The Morgan fingerprint density at radius 1 is 1.23 bits per heavy atom. The largest absolute Gasteiger partial charge is 0.350 e. The standard InChI is InChI=1S/C21H26ClFN6O4S.CH4/c22-16-4-3-14(8-17(16)23)10-26-20(30)19-2-1-6-29(19)21(31)18-13-27(7-5-25-18)34(32,33)28-11-15(9-24)12-28;/h3-4,8,15,18-19,25H,1-2,5-7,10-13H2,(H,26,30);1H4/t18-,19+;/m0./s1. The summed E-state index contributed by atoms with van der Waals surface area (Å²) in [4.78, 5) is 27.5. The van der Waals surface area contributed by atoms with Gasteiger partial charge in [0.15, 0.2) is 0 Å². The van der Waals surface area contributed by atoms with Crippen molar-refractivity contribution >= 4 is 33.6 Å². The van der Waals surface area contributed by atoms with E-state index in [1.54, 1.807) is 6.07 Å². The summed E-state index contributed by atoms with van der Waals surface area (Å²) in [6, 6.07) is 4.88. The maximum absolute atomic E-state index is 13.6. The molecule has 0 radical (unpaired) electrons.